The van der Waals surface area contributed by atoms with Gasteiger partial charge < -0.3 is 19.5 Å². The van der Waals surface area contributed by atoms with Crippen LogP contribution in [0.4, 0.5) is 0 Å². The van der Waals surface area contributed by atoms with Crippen LogP contribution in [0.3, 0.4) is 0 Å². The third-order valence-electron chi connectivity index (χ3n) is 5.15. The van der Waals surface area contributed by atoms with E-state index in [1.807, 2.05) is 54.6 Å². The Kier molecular flexibility index (Phi) is 6.51. The maximum absolute atomic E-state index is 11.8. The van der Waals surface area contributed by atoms with Crippen LogP contribution in [0.15, 0.2) is 66.9 Å². The lowest BCUT2D eigenvalue weighted by Crippen LogP contribution is -2.28. The normalized spacial score (nSPS) is 14.9. The number of aromatic nitrogens is 1. The Bertz CT molecular complexity index is 1050. The van der Waals surface area contributed by atoms with Crippen molar-refractivity contribution in [2.45, 2.75) is 18.8 Å². The highest BCUT2D eigenvalue weighted by Gasteiger charge is 2.41. The summed E-state index contributed by atoms with van der Waals surface area (Å²) in [5.41, 5.74) is 3.37. The summed E-state index contributed by atoms with van der Waals surface area (Å²) in [4.78, 5) is 16.2. The van der Waals surface area contributed by atoms with Gasteiger partial charge in [0.25, 0.3) is 0 Å². The fourth-order valence-corrected chi connectivity index (χ4v) is 3.78. The standard InChI is InChI=1S/C24H23ClN2O4/c1-26-22(28)13-17-7-5-6-8-18(17)16-29-23-21(25)14-20(15-27-23)24(30-11-12-31-24)19-9-3-2-4-10-19/h2-10,14-15H,11-13,16H2,1H3,(H,26,28). The average Bonchev–Trinajstić information content (AvgIpc) is 3.31. The number of pyridine rings is 1. The average molecular weight is 439 g/mol. The van der Waals surface area contributed by atoms with Gasteiger partial charge in [-0.3, -0.25) is 4.79 Å². The van der Waals surface area contributed by atoms with Gasteiger partial charge in [0.2, 0.25) is 17.6 Å². The van der Waals surface area contributed by atoms with Gasteiger partial charge in [-0.25, -0.2) is 4.98 Å². The molecule has 1 amide bonds. The van der Waals surface area contributed by atoms with E-state index in [1.54, 1.807) is 19.3 Å². The molecule has 0 aliphatic carbocycles. The molecule has 4 rings (SSSR count). The molecular formula is C24H23ClN2O4. The van der Waals surface area contributed by atoms with E-state index >= 15 is 0 Å². The van der Waals surface area contributed by atoms with Crippen molar-refractivity contribution in [3.8, 4) is 5.88 Å². The summed E-state index contributed by atoms with van der Waals surface area (Å²) in [5, 5.41) is 2.99. The molecule has 0 bridgehead atoms. The predicted molar refractivity (Wildman–Crippen MR) is 117 cm³/mol. The van der Waals surface area contributed by atoms with E-state index < -0.39 is 5.79 Å². The smallest absolute Gasteiger partial charge is 0.232 e. The summed E-state index contributed by atoms with van der Waals surface area (Å²) in [6.45, 7) is 1.20. The lowest BCUT2D eigenvalue weighted by atomic mass is 9.99. The van der Waals surface area contributed by atoms with E-state index in [9.17, 15) is 4.79 Å². The van der Waals surface area contributed by atoms with E-state index in [-0.39, 0.29) is 18.9 Å². The molecule has 1 saturated heterocycles. The Morgan fingerprint density at radius 3 is 2.42 bits per heavy atom. The van der Waals surface area contributed by atoms with Crippen LogP contribution in [-0.4, -0.2) is 31.2 Å². The van der Waals surface area contributed by atoms with Gasteiger partial charge in [-0.05, 0) is 17.2 Å². The number of carbonyl (C=O) groups excluding carboxylic acids is 1. The zero-order valence-corrected chi connectivity index (χ0v) is 17.9. The molecule has 2 aromatic carbocycles. The fraction of sp³-hybridized carbons (Fsp3) is 0.250. The minimum Gasteiger partial charge on any atom is -0.472 e. The molecule has 0 saturated carbocycles. The van der Waals surface area contributed by atoms with E-state index in [2.05, 4.69) is 10.3 Å². The van der Waals surface area contributed by atoms with Crippen LogP contribution in [-0.2, 0) is 33.1 Å². The number of nitrogens with zero attached hydrogens (tertiary/aromatic N) is 1. The summed E-state index contributed by atoms with van der Waals surface area (Å²) in [5.74, 6) is -0.784. The van der Waals surface area contributed by atoms with Crippen LogP contribution < -0.4 is 10.1 Å². The van der Waals surface area contributed by atoms with Crippen molar-refractivity contribution in [2.75, 3.05) is 20.3 Å². The van der Waals surface area contributed by atoms with Crippen LogP contribution in [0, 0.1) is 0 Å². The van der Waals surface area contributed by atoms with Gasteiger partial charge in [-0.15, -0.1) is 0 Å². The molecule has 160 valence electrons. The number of benzene rings is 2. The molecular weight excluding hydrogens is 416 g/mol. The lowest BCUT2D eigenvalue weighted by Gasteiger charge is -2.28. The maximum atomic E-state index is 11.8. The summed E-state index contributed by atoms with van der Waals surface area (Å²) in [6.07, 6.45) is 1.94. The Morgan fingerprint density at radius 2 is 1.74 bits per heavy atom. The van der Waals surface area contributed by atoms with Crippen LogP contribution in [0.2, 0.25) is 5.02 Å². The predicted octanol–water partition coefficient (Wildman–Crippen LogP) is 3.85. The van der Waals surface area contributed by atoms with Crippen molar-refractivity contribution < 1.29 is 19.0 Å². The summed E-state index contributed by atoms with van der Waals surface area (Å²) < 4.78 is 17.9. The molecule has 7 heteroatoms. The molecule has 0 spiro atoms. The van der Waals surface area contributed by atoms with Crippen LogP contribution in [0.1, 0.15) is 22.3 Å². The fourth-order valence-electron chi connectivity index (χ4n) is 3.56. The topological polar surface area (TPSA) is 69.7 Å². The molecule has 0 unspecified atom stereocenters. The van der Waals surface area contributed by atoms with Gasteiger partial charge in [0.05, 0.1) is 19.6 Å². The zero-order valence-electron chi connectivity index (χ0n) is 17.1. The van der Waals surface area contributed by atoms with Crippen molar-refractivity contribution in [3.63, 3.8) is 0 Å². The molecule has 1 aliphatic rings. The monoisotopic (exact) mass is 438 g/mol. The quantitative estimate of drug-likeness (QED) is 0.606. The Hall–Kier alpha value is -2.93. The minimum atomic E-state index is -1.03. The molecule has 1 aliphatic heterocycles. The molecule has 1 aromatic heterocycles. The first-order chi connectivity index (χ1) is 15.1. The highest BCUT2D eigenvalue weighted by molar-refractivity contribution is 6.31. The van der Waals surface area contributed by atoms with Gasteiger partial charge in [0, 0.05) is 24.4 Å². The second kappa shape index (κ2) is 9.47. The highest BCUT2D eigenvalue weighted by Crippen LogP contribution is 2.40. The number of nitrogens with one attached hydrogen (secondary N) is 1. The summed E-state index contributed by atoms with van der Waals surface area (Å²) in [7, 11) is 1.62. The number of hydrogen-bond donors (Lipinski definition) is 1. The number of likely N-dealkylation sites (N-methyl/N-ethyl adjacent to an activating group) is 1. The molecule has 0 radical (unpaired) electrons. The number of hydrogen-bond acceptors (Lipinski definition) is 5. The van der Waals surface area contributed by atoms with E-state index in [0.29, 0.717) is 29.7 Å². The number of amides is 1. The van der Waals surface area contributed by atoms with Crippen LogP contribution in [0.5, 0.6) is 5.88 Å². The van der Waals surface area contributed by atoms with Crippen LogP contribution >= 0.6 is 11.6 Å². The SMILES string of the molecule is CNC(=O)Cc1ccccc1COc1ncc(C2(c3ccccc3)OCCO2)cc1Cl. The first-order valence-corrected chi connectivity index (χ1v) is 10.4. The Labute approximate surface area is 186 Å². The second-order valence-corrected chi connectivity index (χ2v) is 7.51. The molecule has 1 N–H and O–H groups in total. The first kappa shape index (κ1) is 21.3. The minimum absolute atomic E-state index is 0.0595. The van der Waals surface area contributed by atoms with E-state index in [4.69, 9.17) is 25.8 Å². The van der Waals surface area contributed by atoms with E-state index in [0.717, 1.165) is 16.7 Å². The molecule has 3 aromatic rings. The number of halogens is 1. The third-order valence-corrected chi connectivity index (χ3v) is 5.42. The number of carbonyl (C=O) groups is 1. The highest BCUT2D eigenvalue weighted by atomic mass is 35.5. The van der Waals surface area contributed by atoms with Crippen LogP contribution in [0.25, 0.3) is 0 Å². The molecule has 1 fully saturated rings. The number of ether oxygens (including phenoxy) is 3. The number of rotatable bonds is 7. The van der Waals surface area contributed by atoms with Crippen molar-refractivity contribution >= 4 is 17.5 Å². The Morgan fingerprint density at radius 1 is 1.06 bits per heavy atom. The molecule has 0 atom stereocenters. The molecule has 2 heterocycles. The summed E-state index contributed by atoms with van der Waals surface area (Å²) in [6, 6.07) is 19.1. The van der Waals surface area contributed by atoms with Crippen molar-refractivity contribution in [1.29, 1.82) is 0 Å². The molecule has 6 nitrogen and oxygen atoms in total. The van der Waals surface area contributed by atoms with Crippen molar-refractivity contribution in [3.05, 3.63) is 94.1 Å². The lowest BCUT2D eigenvalue weighted by molar-refractivity contribution is -0.130. The van der Waals surface area contributed by atoms with Gasteiger partial charge in [0.1, 0.15) is 11.6 Å². The zero-order chi connectivity index (χ0) is 21.7. The third kappa shape index (κ3) is 4.56. The first-order valence-electron chi connectivity index (χ1n) is 10.0. The van der Waals surface area contributed by atoms with E-state index in [1.165, 1.54) is 0 Å². The van der Waals surface area contributed by atoms with Crippen molar-refractivity contribution in [2.24, 2.45) is 0 Å². The van der Waals surface area contributed by atoms with Gasteiger partial charge >= 0.3 is 0 Å². The maximum Gasteiger partial charge on any atom is 0.232 e. The van der Waals surface area contributed by atoms with Gasteiger partial charge in [-0.2, -0.15) is 0 Å². The second-order valence-electron chi connectivity index (χ2n) is 7.10. The van der Waals surface area contributed by atoms with Crippen molar-refractivity contribution in [1.82, 2.24) is 10.3 Å². The molecule has 31 heavy (non-hydrogen) atoms. The van der Waals surface area contributed by atoms with Gasteiger partial charge in [0.15, 0.2) is 0 Å². The Balaban J connectivity index is 1.55. The summed E-state index contributed by atoms with van der Waals surface area (Å²) >= 11 is 6.51. The van der Waals surface area contributed by atoms with Gasteiger partial charge in [-0.1, -0.05) is 66.2 Å². The largest absolute Gasteiger partial charge is 0.472 e.